The second-order valence-corrected chi connectivity index (χ2v) is 8.99. The number of hydrogen-bond donors (Lipinski definition) is 1. The number of carbonyl (C=O) groups excluding carboxylic acids is 1. The van der Waals surface area contributed by atoms with E-state index >= 15 is 0 Å². The molecule has 2 aromatic carbocycles. The number of nitrogens with zero attached hydrogens (tertiary/aromatic N) is 3. The normalized spacial score (nSPS) is 11.6. The molecule has 3 rings (SSSR count). The van der Waals surface area contributed by atoms with Gasteiger partial charge in [-0.25, -0.2) is 4.68 Å². The average molecular weight is 407 g/mol. The van der Waals surface area contributed by atoms with Crippen molar-refractivity contribution in [2.75, 3.05) is 5.32 Å². The minimum absolute atomic E-state index is 0.00368. The van der Waals surface area contributed by atoms with Crippen LogP contribution in [0.1, 0.15) is 46.6 Å². The first kappa shape index (κ1) is 21.6. The fraction of sp³-hybridized carbons (Fsp3) is 0.375. The number of ether oxygens (including phenoxy) is 1. The third-order valence-electron chi connectivity index (χ3n) is 4.33. The highest BCUT2D eigenvalue weighted by Crippen LogP contribution is 2.25. The highest BCUT2D eigenvalue weighted by atomic mass is 16.5. The summed E-state index contributed by atoms with van der Waals surface area (Å²) in [7, 11) is 0. The fourth-order valence-electron chi connectivity index (χ4n) is 3.00. The van der Waals surface area contributed by atoms with Crippen molar-refractivity contribution in [3.05, 3.63) is 54.1 Å². The molecule has 6 heteroatoms. The van der Waals surface area contributed by atoms with Crippen molar-refractivity contribution in [3.63, 3.8) is 0 Å². The van der Waals surface area contributed by atoms with Gasteiger partial charge in [-0.15, -0.1) is 5.10 Å². The Morgan fingerprint density at radius 3 is 2.27 bits per heavy atom. The SMILES string of the molecule is Cc1ccc(-c2nc(OC(C)C)nn2-c2ccc(NC(=O)CC(C)(C)C)cc2)cc1. The van der Waals surface area contributed by atoms with Crippen LogP contribution >= 0.6 is 0 Å². The fourth-order valence-corrected chi connectivity index (χ4v) is 3.00. The third kappa shape index (κ3) is 5.69. The molecule has 0 bridgehead atoms. The molecule has 0 aliphatic rings. The van der Waals surface area contributed by atoms with Crippen molar-refractivity contribution in [1.29, 1.82) is 0 Å². The van der Waals surface area contributed by atoms with Crippen LogP contribution in [0.5, 0.6) is 6.01 Å². The van der Waals surface area contributed by atoms with Gasteiger partial charge in [0.2, 0.25) is 5.91 Å². The van der Waals surface area contributed by atoms with Crippen molar-refractivity contribution in [2.24, 2.45) is 5.41 Å². The predicted molar refractivity (Wildman–Crippen MR) is 120 cm³/mol. The van der Waals surface area contributed by atoms with Crippen molar-refractivity contribution >= 4 is 11.6 Å². The molecule has 30 heavy (non-hydrogen) atoms. The summed E-state index contributed by atoms with van der Waals surface area (Å²) < 4.78 is 7.49. The van der Waals surface area contributed by atoms with Crippen LogP contribution < -0.4 is 10.1 Å². The molecule has 0 unspecified atom stereocenters. The van der Waals surface area contributed by atoms with Crippen molar-refractivity contribution in [3.8, 4) is 23.1 Å². The molecule has 3 aromatic rings. The summed E-state index contributed by atoms with van der Waals surface area (Å²) in [6.07, 6.45) is 0.442. The average Bonchev–Trinajstić information content (AvgIpc) is 3.04. The number of aryl methyl sites for hydroxylation is 1. The lowest BCUT2D eigenvalue weighted by atomic mass is 9.92. The highest BCUT2D eigenvalue weighted by molar-refractivity contribution is 5.91. The predicted octanol–water partition coefficient (Wildman–Crippen LogP) is 5.40. The number of carbonyl (C=O) groups is 1. The van der Waals surface area contributed by atoms with Gasteiger partial charge in [-0.1, -0.05) is 50.6 Å². The summed E-state index contributed by atoms with van der Waals surface area (Å²) in [6.45, 7) is 12.1. The van der Waals surface area contributed by atoms with Crippen LogP contribution in [0.3, 0.4) is 0 Å². The molecule has 1 N–H and O–H groups in total. The number of hydrogen-bond acceptors (Lipinski definition) is 4. The number of nitrogens with one attached hydrogen (secondary N) is 1. The molecule has 6 nitrogen and oxygen atoms in total. The van der Waals surface area contributed by atoms with Crippen LogP contribution in [0.2, 0.25) is 0 Å². The Balaban J connectivity index is 1.89. The monoisotopic (exact) mass is 406 g/mol. The largest absolute Gasteiger partial charge is 0.460 e. The molecule has 0 atom stereocenters. The number of benzene rings is 2. The van der Waals surface area contributed by atoms with E-state index in [9.17, 15) is 4.79 Å². The quantitative estimate of drug-likeness (QED) is 0.595. The summed E-state index contributed by atoms with van der Waals surface area (Å²) in [6, 6.07) is 16.1. The Bertz CT molecular complexity index is 997. The van der Waals surface area contributed by atoms with Gasteiger partial charge in [0, 0.05) is 17.7 Å². The third-order valence-corrected chi connectivity index (χ3v) is 4.33. The topological polar surface area (TPSA) is 69.0 Å². The first-order chi connectivity index (χ1) is 14.1. The number of aromatic nitrogens is 3. The second-order valence-electron chi connectivity index (χ2n) is 8.99. The van der Waals surface area contributed by atoms with E-state index in [1.807, 2.05) is 83.1 Å². The van der Waals surface area contributed by atoms with Gasteiger partial charge < -0.3 is 10.1 Å². The van der Waals surface area contributed by atoms with Crippen LogP contribution in [-0.4, -0.2) is 26.8 Å². The van der Waals surface area contributed by atoms with E-state index < -0.39 is 0 Å². The highest BCUT2D eigenvalue weighted by Gasteiger charge is 2.17. The number of rotatable bonds is 6. The lowest BCUT2D eigenvalue weighted by molar-refractivity contribution is -0.117. The van der Waals surface area contributed by atoms with Crippen LogP contribution in [0.15, 0.2) is 48.5 Å². The summed E-state index contributed by atoms with van der Waals surface area (Å²) in [5, 5.41) is 7.51. The summed E-state index contributed by atoms with van der Waals surface area (Å²) in [5.74, 6) is 0.708. The maximum absolute atomic E-state index is 12.2. The maximum atomic E-state index is 12.2. The van der Waals surface area contributed by atoms with Crippen molar-refractivity contribution < 1.29 is 9.53 Å². The summed E-state index contributed by atoms with van der Waals surface area (Å²) in [4.78, 5) is 16.8. The Labute approximate surface area is 178 Å². The lowest BCUT2D eigenvalue weighted by Crippen LogP contribution is -2.19. The minimum atomic E-state index is -0.0551. The van der Waals surface area contributed by atoms with Gasteiger partial charge in [-0.05, 0) is 50.5 Å². The van der Waals surface area contributed by atoms with E-state index in [1.165, 1.54) is 5.56 Å². The van der Waals surface area contributed by atoms with Crippen LogP contribution in [0.25, 0.3) is 17.1 Å². The first-order valence-corrected chi connectivity index (χ1v) is 10.2. The van der Waals surface area contributed by atoms with Gasteiger partial charge in [-0.2, -0.15) is 4.98 Å². The standard InChI is InChI=1S/C24H30N4O2/c1-16(2)30-23-26-22(18-9-7-17(3)8-10-18)28(27-23)20-13-11-19(12-14-20)25-21(29)15-24(4,5)6/h7-14,16H,15H2,1-6H3,(H,25,29). The van der Waals surface area contributed by atoms with E-state index in [1.54, 1.807) is 4.68 Å². The van der Waals surface area contributed by atoms with Crippen LogP contribution in [0.4, 0.5) is 5.69 Å². The summed E-state index contributed by atoms with van der Waals surface area (Å²) >= 11 is 0. The molecule has 0 aliphatic carbocycles. The smallest absolute Gasteiger partial charge is 0.336 e. The number of anilines is 1. The van der Waals surface area contributed by atoms with Gasteiger partial charge >= 0.3 is 6.01 Å². The molecule has 158 valence electrons. The van der Waals surface area contributed by atoms with Crippen LogP contribution in [-0.2, 0) is 4.79 Å². The zero-order valence-corrected chi connectivity index (χ0v) is 18.6. The van der Waals surface area contributed by atoms with Crippen molar-refractivity contribution in [1.82, 2.24) is 14.8 Å². The Morgan fingerprint density at radius 2 is 1.70 bits per heavy atom. The molecule has 0 aliphatic heterocycles. The van der Waals surface area contributed by atoms with Gasteiger partial charge in [0.25, 0.3) is 0 Å². The zero-order chi connectivity index (χ0) is 21.9. The molecule has 0 fully saturated rings. The Hall–Kier alpha value is -3.15. The molecule has 0 radical (unpaired) electrons. The summed E-state index contributed by atoms with van der Waals surface area (Å²) in [5.41, 5.74) is 3.67. The molecular weight excluding hydrogens is 376 g/mol. The lowest BCUT2D eigenvalue weighted by Gasteiger charge is -2.17. The molecule has 0 spiro atoms. The van der Waals surface area contributed by atoms with E-state index in [4.69, 9.17) is 4.74 Å². The number of amides is 1. The first-order valence-electron chi connectivity index (χ1n) is 10.2. The second kappa shape index (κ2) is 8.69. The van der Waals surface area contributed by atoms with Crippen molar-refractivity contribution in [2.45, 2.75) is 54.1 Å². The van der Waals surface area contributed by atoms with Gasteiger partial charge in [0.05, 0.1) is 11.8 Å². The Morgan fingerprint density at radius 1 is 1.07 bits per heavy atom. The molecule has 1 amide bonds. The minimum Gasteiger partial charge on any atom is -0.460 e. The van der Waals surface area contributed by atoms with Crippen LogP contribution in [0, 0.1) is 12.3 Å². The maximum Gasteiger partial charge on any atom is 0.336 e. The molecule has 1 heterocycles. The Kier molecular flexibility index (Phi) is 6.25. The molecule has 0 saturated carbocycles. The molecule has 0 saturated heterocycles. The van der Waals surface area contributed by atoms with E-state index in [0.717, 1.165) is 16.9 Å². The molecule has 1 aromatic heterocycles. The van der Waals surface area contributed by atoms with Gasteiger partial charge in [-0.3, -0.25) is 4.79 Å². The zero-order valence-electron chi connectivity index (χ0n) is 18.6. The van der Waals surface area contributed by atoms with Gasteiger partial charge in [0.1, 0.15) is 0 Å². The van der Waals surface area contributed by atoms with Gasteiger partial charge in [0.15, 0.2) is 5.82 Å². The molecular formula is C24H30N4O2. The van der Waals surface area contributed by atoms with E-state index in [2.05, 4.69) is 22.3 Å². The van der Waals surface area contributed by atoms with E-state index in [0.29, 0.717) is 18.3 Å². The van der Waals surface area contributed by atoms with E-state index in [-0.39, 0.29) is 17.4 Å².